The summed E-state index contributed by atoms with van der Waals surface area (Å²) in [6.07, 6.45) is 7.15. The molecule has 0 saturated heterocycles. The van der Waals surface area contributed by atoms with Gasteiger partial charge in [0.15, 0.2) is 12.4 Å². The van der Waals surface area contributed by atoms with Crippen molar-refractivity contribution < 1.29 is 23.5 Å². The largest absolute Gasteiger partial charge is 0.484 e. The van der Waals surface area contributed by atoms with Gasteiger partial charge in [-0.15, -0.1) is 0 Å². The van der Waals surface area contributed by atoms with Crippen LogP contribution >= 0.6 is 11.6 Å². The van der Waals surface area contributed by atoms with Gasteiger partial charge in [-0.25, -0.2) is 14.1 Å². The summed E-state index contributed by atoms with van der Waals surface area (Å²) in [7, 11) is 0. The number of ether oxygens (including phenoxy) is 2. The van der Waals surface area contributed by atoms with Gasteiger partial charge in [0.2, 0.25) is 5.91 Å². The summed E-state index contributed by atoms with van der Waals surface area (Å²) < 4.78 is 26.0. The molecule has 182 valence electrons. The molecule has 2 N–H and O–H groups in total. The van der Waals surface area contributed by atoms with Gasteiger partial charge in [-0.2, -0.15) is 5.10 Å². The zero-order chi connectivity index (χ0) is 24.5. The molecule has 2 aromatic heterocycles. The number of nitrogens with zero attached hydrogens (tertiary/aromatic N) is 3. The number of pyridine rings is 1. The van der Waals surface area contributed by atoms with Gasteiger partial charge in [0.25, 0.3) is 5.91 Å². The summed E-state index contributed by atoms with van der Waals surface area (Å²) in [5.74, 6) is -0.167. The van der Waals surface area contributed by atoms with E-state index in [1.54, 1.807) is 23.3 Å². The highest BCUT2D eigenvalue weighted by Gasteiger charge is 2.69. The quantitative estimate of drug-likeness (QED) is 0.444. The van der Waals surface area contributed by atoms with Crippen LogP contribution in [0.5, 0.6) is 5.75 Å². The molecule has 3 aliphatic rings. The maximum atomic E-state index is 13.5. The Morgan fingerprint density at radius 1 is 1.09 bits per heavy atom. The molecular formula is C24H23ClFN5O4. The third kappa shape index (κ3) is 5.13. The number of nitrogens with one attached hydrogen (secondary N) is 2. The van der Waals surface area contributed by atoms with Crippen molar-refractivity contribution in [3.05, 3.63) is 71.4 Å². The van der Waals surface area contributed by atoms with E-state index in [2.05, 4.69) is 20.7 Å². The smallest absolute Gasteiger partial charge is 0.258 e. The summed E-state index contributed by atoms with van der Waals surface area (Å²) in [5.41, 5.74) is 0.243. The second-order valence-electron chi connectivity index (χ2n) is 9.02. The van der Waals surface area contributed by atoms with Crippen molar-refractivity contribution >= 4 is 23.4 Å². The number of carbonyl (C=O) groups excluding carboxylic acids is 2. The molecule has 0 unspecified atom stereocenters. The molecule has 2 bridgehead atoms. The van der Waals surface area contributed by atoms with Crippen molar-refractivity contribution in [3.8, 4) is 11.6 Å². The molecule has 11 heteroatoms. The average molecular weight is 500 g/mol. The van der Waals surface area contributed by atoms with E-state index in [9.17, 15) is 14.0 Å². The van der Waals surface area contributed by atoms with Crippen LogP contribution in [0.4, 0.5) is 4.39 Å². The second-order valence-corrected chi connectivity index (χ2v) is 9.43. The fraction of sp³-hybridized carbons (Fsp3) is 0.333. The van der Waals surface area contributed by atoms with Gasteiger partial charge in [-0.3, -0.25) is 9.59 Å². The summed E-state index contributed by atoms with van der Waals surface area (Å²) >= 11 is 5.64. The molecule has 6 rings (SSSR count). The molecule has 0 radical (unpaired) electrons. The Bertz CT molecular complexity index is 1220. The summed E-state index contributed by atoms with van der Waals surface area (Å²) in [4.78, 5) is 28.9. The molecule has 3 aromatic rings. The lowest BCUT2D eigenvalue weighted by molar-refractivity contribution is -0.152. The minimum absolute atomic E-state index is 0.00880. The SMILES string of the molecule is O=C(COCc1ccc(-n2cccn2)nc1)NC12CC(NC(=O)COc3ccc(Cl)c(F)c3)(C1)C2. The second kappa shape index (κ2) is 9.27. The number of benzene rings is 1. The van der Waals surface area contributed by atoms with Gasteiger partial charge in [-0.05, 0) is 49.1 Å². The van der Waals surface area contributed by atoms with E-state index in [0.717, 1.165) is 11.6 Å². The van der Waals surface area contributed by atoms with Crippen LogP contribution < -0.4 is 15.4 Å². The monoisotopic (exact) mass is 499 g/mol. The first kappa shape index (κ1) is 23.3. The molecule has 2 amide bonds. The number of hydrogen-bond acceptors (Lipinski definition) is 6. The summed E-state index contributed by atoms with van der Waals surface area (Å²) in [5, 5.41) is 10.1. The first-order chi connectivity index (χ1) is 16.8. The van der Waals surface area contributed by atoms with Crippen LogP contribution in [0.1, 0.15) is 24.8 Å². The highest BCUT2D eigenvalue weighted by molar-refractivity contribution is 6.30. The fourth-order valence-corrected chi connectivity index (χ4v) is 4.85. The zero-order valence-corrected chi connectivity index (χ0v) is 19.4. The number of halogens is 2. The zero-order valence-electron chi connectivity index (χ0n) is 18.7. The molecule has 0 spiro atoms. The first-order valence-corrected chi connectivity index (χ1v) is 11.4. The molecule has 3 aliphatic carbocycles. The Morgan fingerprint density at radius 3 is 2.46 bits per heavy atom. The lowest BCUT2D eigenvalue weighted by Crippen LogP contribution is -2.84. The Hall–Kier alpha value is -3.50. The van der Waals surface area contributed by atoms with Gasteiger partial charge >= 0.3 is 0 Å². The van der Waals surface area contributed by atoms with Crippen LogP contribution in [0.15, 0.2) is 55.0 Å². The molecule has 2 heterocycles. The number of rotatable bonds is 10. The number of carbonyl (C=O) groups is 2. The normalized spacial score (nSPS) is 22.0. The Labute approximate surface area is 205 Å². The third-order valence-corrected chi connectivity index (χ3v) is 6.46. The van der Waals surface area contributed by atoms with Crippen LogP contribution in [0.3, 0.4) is 0 Å². The van der Waals surface area contributed by atoms with Gasteiger partial charge in [0.1, 0.15) is 18.2 Å². The number of aromatic nitrogens is 3. The predicted molar refractivity (Wildman–Crippen MR) is 124 cm³/mol. The fourth-order valence-electron chi connectivity index (χ4n) is 4.74. The molecule has 0 aliphatic heterocycles. The lowest BCUT2D eigenvalue weighted by atomic mass is 9.44. The first-order valence-electron chi connectivity index (χ1n) is 11.1. The molecular weight excluding hydrogens is 477 g/mol. The number of amides is 2. The summed E-state index contributed by atoms with van der Waals surface area (Å²) in [6.45, 7) is -0.0222. The van der Waals surface area contributed by atoms with Crippen molar-refractivity contribution in [3.63, 3.8) is 0 Å². The van der Waals surface area contributed by atoms with Gasteiger partial charge < -0.3 is 20.1 Å². The van der Waals surface area contributed by atoms with E-state index >= 15 is 0 Å². The highest BCUT2D eigenvalue weighted by Crippen LogP contribution is 2.60. The van der Waals surface area contributed by atoms with Crippen LogP contribution in [0, 0.1) is 5.82 Å². The van der Waals surface area contributed by atoms with Crippen molar-refractivity contribution in [2.24, 2.45) is 0 Å². The third-order valence-electron chi connectivity index (χ3n) is 6.15. The van der Waals surface area contributed by atoms with Crippen LogP contribution in [-0.4, -0.2) is 50.9 Å². The standard InChI is InChI=1S/C24H23ClFN5O4/c25-18-4-3-17(8-19(18)26)35-12-22(33)30-24-13-23(14-24,15-24)29-21(32)11-34-10-16-2-5-20(27-9-16)31-7-1-6-28-31/h1-9H,10-15H2,(H,29,32)(H,30,33). The van der Waals surface area contributed by atoms with Gasteiger partial charge in [0, 0.05) is 35.7 Å². The van der Waals surface area contributed by atoms with E-state index in [0.29, 0.717) is 25.1 Å². The Balaban J connectivity index is 0.991. The van der Waals surface area contributed by atoms with Gasteiger partial charge in [0.05, 0.1) is 11.6 Å². The molecule has 3 fully saturated rings. The van der Waals surface area contributed by atoms with Crippen LogP contribution in [0.25, 0.3) is 5.82 Å². The molecule has 0 atom stereocenters. The highest BCUT2D eigenvalue weighted by atomic mass is 35.5. The van der Waals surface area contributed by atoms with Crippen molar-refractivity contribution in [2.45, 2.75) is 36.9 Å². The van der Waals surface area contributed by atoms with Crippen molar-refractivity contribution in [1.82, 2.24) is 25.4 Å². The molecule has 3 saturated carbocycles. The topological polar surface area (TPSA) is 107 Å². The Morgan fingerprint density at radius 2 is 1.83 bits per heavy atom. The van der Waals surface area contributed by atoms with Crippen LogP contribution in [-0.2, 0) is 20.9 Å². The van der Waals surface area contributed by atoms with E-state index < -0.39 is 5.82 Å². The maximum absolute atomic E-state index is 13.5. The minimum atomic E-state index is -0.606. The van der Waals surface area contributed by atoms with Crippen molar-refractivity contribution in [2.75, 3.05) is 13.2 Å². The van der Waals surface area contributed by atoms with E-state index in [-0.39, 0.29) is 53.5 Å². The maximum Gasteiger partial charge on any atom is 0.258 e. The Kier molecular flexibility index (Phi) is 6.16. The molecule has 1 aromatic carbocycles. The molecule has 9 nitrogen and oxygen atoms in total. The predicted octanol–water partition coefficient (Wildman–Crippen LogP) is 2.56. The van der Waals surface area contributed by atoms with E-state index in [4.69, 9.17) is 21.1 Å². The van der Waals surface area contributed by atoms with E-state index in [1.807, 2.05) is 18.2 Å². The lowest BCUT2D eigenvalue weighted by Gasteiger charge is -2.70. The van der Waals surface area contributed by atoms with Crippen LogP contribution in [0.2, 0.25) is 5.02 Å². The van der Waals surface area contributed by atoms with E-state index in [1.165, 1.54) is 12.1 Å². The van der Waals surface area contributed by atoms with Crippen molar-refractivity contribution in [1.29, 1.82) is 0 Å². The summed E-state index contributed by atoms with van der Waals surface area (Å²) in [6, 6.07) is 9.54. The minimum Gasteiger partial charge on any atom is -0.484 e. The molecule has 35 heavy (non-hydrogen) atoms. The number of hydrogen-bond donors (Lipinski definition) is 2. The van der Waals surface area contributed by atoms with Gasteiger partial charge in [-0.1, -0.05) is 17.7 Å². The average Bonchev–Trinajstić information content (AvgIpc) is 3.33.